The van der Waals surface area contributed by atoms with Crippen molar-refractivity contribution in [2.24, 2.45) is 11.3 Å². The fraction of sp³-hybridized carbons (Fsp3) is 0.609. The number of piperidine rings is 1. The number of nitrogens with zero attached hydrogens (tertiary/aromatic N) is 2. The van der Waals surface area contributed by atoms with Gasteiger partial charge in [-0.3, -0.25) is 14.4 Å². The number of rotatable bonds is 4. The summed E-state index contributed by atoms with van der Waals surface area (Å²) in [5.74, 6) is -0.0984. The Morgan fingerprint density at radius 1 is 0.964 bits per heavy atom. The van der Waals surface area contributed by atoms with Crippen LogP contribution in [0, 0.1) is 11.3 Å². The monoisotopic (exact) mass is 382 g/mol. The van der Waals surface area contributed by atoms with Gasteiger partial charge in [0.2, 0.25) is 11.7 Å². The van der Waals surface area contributed by atoms with Crippen LogP contribution in [-0.4, -0.2) is 53.6 Å². The second-order valence-electron chi connectivity index (χ2n) is 8.81. The third-order valence-corrected chi connectivity index (χ3v) is 6.90. The van der Waals surface area contributed by atoms with E-state index in [1.807, 2.05) is 6.07 Å². The largest absolute Gasteiger partial charge is 0.342 e. The number of carbonyl (C=O) groups is 3. The van der Waals surface area contributed by atoms with E-state index in [4.69, 9.17) is 0 Å². The molecule has 4 rings (SSSR count). The third kappa shape index (κ3) is 3.71. The molecule has 1 aromatic carbocycles. The van der Waals surface area contributed by atoms with Crippen LogP contribution in [0.1, 0.15) is 61.7 Å². The van der Waals surface area contributed by atoms with Crippen LogP contribution >= 0.6 is 0 Å². The summed E-state index contributed by atoms with van der Waals surface area (Å²) < 4.78 is 0. The highest BCUT2D eigenvalue weighted by Crippen LogP contribution is 2.41. The Hall–Kier alpha value is -2.17. The Bertz CT molecular complexity index is 741. The van der Waals surface area contributed by atoms with Crippen molar-refractivity contribution in [1.82, 2.24) is 9.80 Å². The van der Waals surface area contributed by atoms with E-state index in [0.29, 0.717) is 31.0 Å². The van der Waals surface area contributed by atoms with E-state index in [-0.39, 0.29) is 5.91 Å². The van der Waals surface area contributed by atoms with Crippen molar-refractivity contribution < 1.29 is 14.4 Å². The molecule has 1 saturated carbocycles. The molecule has 3 aliphatic rings. The number of likely N-dealkylation sites (tertiary alicyclic amines) is 2. The molecule has 5 heteroatoms. The number of amides is 2. The molecule has 0 bridgehead atoms. The third-order valence-electron chi connectivity index (χ3n) is 6.90. The SMILES string of the molecule is O=C(C(=O)N1CCC2(CCCN(CC3CCCCC3)C2=O)C1)c1ccccc1. The Balaban J connectivity index is 1.41. The van der Waals surface area contributed by atoms with Crippen LogP contribution in [0.3, 0.4) is 0 Å². The quantitative estimate of drug-likeness (QED) is 0.593. The molecule has 2 saturated heterocycles. The van der Waals surface area contributed by atoms with E-state index in [1.54, 1.807) is 29.2 Å². The summed E-state index contributed by atoms with van der Waals surface area (Å²) >= 11 is 0. The fourth-order valence-corrected chi connectivity index (χ4v) is 5.29. The second kappa shape index (κ2) is 8.06. The highest BCUT2D eigenvalue weighted by molar-refractivity contribution is 6.42. The maximum absolute atomic E-state index is 13.3. The number of carbonyl (C=O) groups excluding carboxylic acids is 3. The smallest absolute Gasteiger partial charge is 0.294 e. The maximum Gasteiger partial charge on any atom is 0.294 e. The molecule has 150 valence electrons. The lowest BCUT2D eigenvalue weighted by atomic mass is 9.77. The van der Waals surface area contributed by atoms with Gasteiger partial charge in [-0.25, -0.2) is 0 Å². The molecule has 1 aromatic rings. The molecular weight excluding hydrogens is 352 g/mol. The van der Waals surface area contributed by atoms with Crippen LogP contribution in [-0.2, 0) is 9.59 Å². The van der Waals surface area contributed by atoms with Crippen LogP contribution in [0.15, 0.2) is 30.3 Å². The lowest BCUT2D eigenvalue weighted by Crippen LogP contribution is -2.52. The van der Waals surface area contributed by atoms with Crippen molar-refractivity contribution in [2.45, 2.75) is 51.4 Å². The molecule has 2 aliphatic heterocycles. The predicted molar refractivity (Wildman–Crippen MR) is 107 cm³/mol. The van der Waals surface area contributed by atoms with Gasteiger partial charge in [-0.2, -0.15) is 0 Å². The molecule has 1 spiro atoms. The van der Waals surface area contributed by atoms with Gasteiger partial charge in [-0.1, -0.05) is 49.6 Å². The minimum absolute atomic E-state index is 0.215. The number of benzene rings is 1. The number of Topliss-reactive ketones (excluding diaryl/α,β-unsaturated/α-hetero) is 1. The Kier molecular flexibility index (Phi) is 5.51. The molecule has 3 fully saturated rings. The molecule has 0 aromatic heterocycles. The van der Waals surface area contributed by atoms with E-state index in [1.165, 1.54) is 32.1 Å². The first-order valence-electron chi connectivity index (χ1n) is 10.8. The van der Waals surface area contributed by atoms with Gasteiger partial charge in [0.15, 0.2) is 0 Å². The number of hydrogen-bond acceptors (Lipinski definition) is 3. The van der Waals surface area contributed by atoms with E-state index in [9.17, 15) is 14.4 Å². The average Bonchev–Trinajstić information content (AvgIpc) is 3.17. The molecule has 2 amide bonds. The van der Waals surface area contributed by atoms with Crippen LogP contribution in [0.5, 0.6) is 0 Å². The van der Waals surface area contributed by atoms with E-state index in [2.05, 4.69) is 4.90 Å². The number of ketones is 1. The summed E-state index contributed by atoms with van der Waals surface area (Å²) in [6.07, 6.45) is 8.84. The Labute approximate surface area is 167 Å². The molecule has 28 heavy (non-hydrogen) atoms. The van der Waals surface area contributed by atoms with E-state index in [0.717, 1.165) is 25.9 Å². The zero-order valence-corrected chi connectivity index (χ0v) is 16.6. The molecule has 2 heterocycles. The molecule has 1 unspecified atom stereocenters. The number of hydrogen-bond donors (Lipinski definition) is 0. The molecule has 0 radical (unpaired) electrons. The van der Waals surface area contributed by atoms with Crippen molar-refractivity contribution in [3.63, 3.8) is 0 Å². The lowest BCUT2D eigenvalue weighted by Gasteiger charge is -2.41. The molecular formula is C23H30N2O3. The zero-order valence-electron chi connectivity index (χ0n) is 16.6. The Morgan fingerprint density at radius 2 is 1.71 bits per heavy atom. The van der Waals surface area contributed by atoms with Gasteiger partial charge in [0.05, 0.1) is 5.41 Å². The van der Waals surface area contributed by atoms with Gasteiger partial charge in [-0.05, 0) is 38.0 Å². The highest BCUT2D eigenvalue weighted by atomic mass is 16.2. The van der Waals surface area contributed by atoms with Gasteiger partial charge < -0.3 is 9.80 Å². The van der Waals surface area contributed by atoms with Gasteiger partial charge in [0.25, 0.3) is 5.91 Å². The summed E-state index contributed by atoms with van der Waals surface area (Å²) in [5.41, 5.74) is -0.0538. The first kappa shape index (κ1) is 19.2. The summed E-state index contributed by atoms with van der Waals surface area (Å²) in [4.78, 5) is 42.3. The topological polar surface area (TPSA) is 57.7 Å². The first-order chi connectivity index (χ1) is 13.6. The van der Waals surface area contributed by atoms with Crippen molar-refractivity contribution in [1.29, 1.82) is 0 Å². The van der Waals surface area contributed by atoms with Gasteiger partial charge in [-0.15, -0.1) is 0 Å². The summed E-state index contributed by atoms with van der Waals surface area (Å²) in [6.45, 7) is 2.61. The van der Waals surface area contributed by atoms with Crippen molar-refractivity contribution in [2.75, 3.05) is 26.2 Å². The predicted octanol–water partition coefficient (Wildman–Crippen LogP) is 3.29. The summed E-state index contributed by atoms with van der Waals surface area (Å²) in [6, 6.07) is 8.70. The Morgan fingerprint density at radius 3 is 2.46 bits per heavy atom. The van der Waals surface area contributed by atoms with Crippen LogP contribution in [0.25, 0.3) is 0 Å². The summed E-state index contributed by atoms with van der Waals surface area (Å²) in [5, 5.41) is 0. The first-order valence-corrected chi connectivity index (χ1v) is 10.8. The van der Waals surface area contributed by atoms with Crippen molar-refractivity contribution in [3.8, 4) is 0 Å². The van der Waals surface area contributed by atoms with Crippen molar-refractivity contribution in [3.05, 3.63) is 35.9 Å². The maximum atomic E-state index is 13.3. The minimum Gasteiger partial charge on any atom is -0.342 e. The van der Waals surface area contributed by atoms with Gasteiger partial charge in [0.1, 0.15) is 0 Å². The van der Waals surface area contributed by atoms with E-state index >= 15 is 0 Å². The van der Waals surface area contributed by atoms with Gasteiger partial charge in [0, 0.05) is 31.7 Å². The molecule has 0 N–H and O–H groups in total. The average molecular weight is 383 g/mol. The highest BCUT2D eigenvalue weighted by Gasteiger charge is 2.50. The lowest BCUT2D eigenvalue weighted by molar-refractivity contribution is -0.146. The molecule has 5 nitrogen and oxygen atoms in total. The van der Waals surface area contributed by atoms with Crippen LogP contribution in [0.4, 0.5) is 0 Å². The van der Waals surface area contributed by atoms with E-state index < -0.39 is 17.1 Å². The minimum atomic E-state index is -0.473. The molecule has 1 atom stereocenters. The van der Waals surface area contributed by atoms with Crippen molar-refractivity contribution >= 4 is 17.6 Å². The van der Waals surface area contributed by atoms with Crippen LogP contribution in [0.2, 0.25) is 0 Å². The normalized spacial score (nSPS) is 26.1. The molecule has 1 aliphatic carbocycles. The fourth-order valence-electron chi connectivity index (χ4n) is 5.29. The second-order valence-corrected chi connectivity index (χ2v) is 8.81. The van der Waals surface area contributed by atoms with Crippen LogP contribution < -0.4 is 0 Å². The standard InChI is InChI=1S/C23H30N2O3/c26-20(19-10-5-2-6-11-19)21(27)25-15-13-23(17-25)12-7-14-24(22(23)28)16-18-8-3-1-4-9-18/h2,5-6,10-11,18H,1,3-4,7-9,12-17H2. The summed E-state index contributed by atoms with van der Waals surface area (Å²) in [7, 11) is 0. The zero-order chi connectivity index (χ0) is 19.6. The van der Waals surface area contributed by atoms with Gasteiger partial charge >= 0.3 is 0 Å².